The van der Waals surface area contributed by atoms with E-state index < -0.39 is 0 Å². The molecule has 1 aliphatic rings. The number of aryl methyl sites for hydroxylation is 1. The number of pyridine rings is 1. The fraction of sp³-hybridized carbons (Fsp3) is 0.261. The summed E-state index contributed by atoms with van der Waals surface area (Å²) in [5.41, 5.74) is 4.12. The van der Waals surface area contributed by atoms with Crippen LogP contribution in [-0.2, 0) is 17.6 Å². The van der Waals surface area contributed by atoms with E-state index in [0.717, 1.165) is 41.4 Å². The standard InChI is InChI=1S/C23H22N2O3/c1-14-7-12-21-19(13-14)22(18-5-3-4-6-20(18)25-21)23(27)28-17-10-8-16(9-11-17)24-15(2)26/h3-6,8-11,14H,7,12-13H2,1-2H3,(H,24,26). The van der Waals surface area contributed by atoms with Gasteiger partial charge in [-0.3, -0.25) is 9.78 Å². The Labute approximate surface area is 163 Å². The molecule has 1 unspecified atom stereocenters. The molecule has 5 nitrogen and oxygen atoms in total. The summed E-state index contributed by atoms with van der Waals surface area (Å²) in [5, 5.41) is 3.53. The number of amides is 1. The Kier molecular flexibility index (Phi) is 4.82. The van der Waals surface area contributed by atoms with E-state index >= 15 is 0 Å². The Morgan fingerprint density at radius 2 is 1.86 bits per heavy atom. The molecule has 1 atom stereocenters. The van der Waals surface area contributed by atoms with Crippen molar-refractivity contribution in [2.24, 2.45) is 5.92 Å². The van der Waals surface area contributed by atoms with Gasteiger partial charge < -0.3 is 10.1 Å². The topological polar surface area (TPSA) is 68.3 Å². The third-order valence-corrected chi connectivity index (χ3v) is 5.09. The number of para-hydroxylation sites is 1. The molecule has 1 aliphatic carbocycles. The highest BCUT2D eigenvalue weighted by atomic mass is 16.5. The minimum atomic E-state index is -0.365. The number of benzene rings is 2. The summed E-state index contributed by atoms with van der Waals surface area (Å²) in [6.45, 7) is 3.65. The largest absolute Gasteiger partial charge is 0.423 e. The van der Waals surface area contributed by atoms with Crippen LogP contribution in [0.2, 0.25) is 0 Å². The highest BCUT2D eigenvalue weighted by Gasteiger charge is 2.26. The van der Waals surface area contributed by atoms with E-state index in [2.05, 4.69) is 12.2 Å². The molecule has 0 spiro atoms. The van der Waals surface area contributed by atoms with E-state index in [1.54, 1.807) is 24.3 Å². The molecule has 0 saturated heterocycles. The number of carbonyl (C=O) groups excluding carboxylic acids is 2. The highest BCUT2D eigenvalue weighted by Crippen LogP contribution is 2.32. The average Bonchev–Trinajstić information content (AvgIpc) is 2.67. The molecule has 1 amide bonds. The molecular weight excluding hydrogens is 352 g/mol. The molecular formula is C23H22N2O3. The fourth-order valence-electron chi connectivity index (χ4n) is 3.76. The second-order valence-corrected chi connectivity index (χ2v) is 7.37. The number of ether oxygens (including phenoxy) is 1. The van der Waals surface area contributed by atoms with Crippen LogP contribution in [0.4, 0.5) is 5.69 Å². The van der Waals surface area contributed by atoms with Crippen LogP contribution in [0, 0.1) is 5.92 Å². The predicted molar refractivity (Wildman–Crippen MR) is 109 cm³/mol. The number of hydrogen-bond acceptors (Lipinski definition) is 4. The zero-order valence-electron chi connectivity index (χ0n) is 16.0. The van der Waals surface area contributed by atoms with Crippen molar-refractivity contribution in [2.75, 3.05) is 5.32 Å². The van der Waals surface area contributed by atoms with E-state index in [4.69, 9.17) is 9.72 Å². The second-order valence-electron chi connectivity index (χ2n) is 7.37. The van der Waals surface area contributed by atoms with Crippen LogP contribution >= 0.6 is 0 Å². The predicted octanol–water partition coefficient (Wildman–Crippen LogP) is 4.54. The van der Waals surface area contributed by atoms with Crippen molar-refractivity contribution in [2.45, 2.75) is 33.1 Å². The van der Waals surface area contributed by atoms with Gasteiger partial charge in [0.2, 0.25) is 5.91 Å². The number of carbonyl (C=O) groups is 2. The number of nitrogens with one attached hydrogen (secondary N) is 1. The first-order valence-electron chi connectivity index (χ1n) is 9.51. The average molecular weight is 374 g/mol. The Bertz CT molecular complexity index is 1060. The number of hydrogen-bond donors (Lipinski definition) is 1. The summed E-state index contributed by atoms with van der Waals surface area (Å²) in [7, 11) is 0. The van der Waals surface area contributed by atoms with Gasteiger partial charge in [0.15, 0.2) is 0 Å². The van der Waals surface area contributed by atoms with Crippen LogP contribution < -0.4 is 10.1 Å². The maximum Gasteiger partial charge on any atom is 0.344 e. The Morgan fingerprint density at radius 1 is 1.11 bits per heavy atom. The smallest absolute Gasteiger partial charge is 0.344 e. The lowest BCUT2D eigenvalue weighted by Gasteiger charge is -2.24. The summed E-state index contributed by atoms with van der Waals surface area (Å²) in [4.78, 5) is 29.1. The van der Waals surface area contributed by atoms with Crippen LogP contribution in [0.3, 0.4) is 0 Å². The molecule has 0 fully saturated rings. The third-order valence-electron chi connectivity index (χ3n) is 5.09. The highest BCUT2D eigenvalue weighted by molar-refractivity contribution is 6.06. The molecule has 1 aromatic heterocycles. The SMILES string of the molecule is CC(=O)Nc1ccc(OC(=O)c2c3c(nc4ccccc24)CCC(C)C3)cc1. The molecule has 142 valence electrons. The molecule has 2 aromatic carbocycles. The van der Waals surface area contributed by atoms with Gasteiger partial charge in [-0.05, 0) is 61.1 Å². The Hall–Kier alpha value is -3.21. The first kappa shape index (κ1) is 18.2. The Balaban J connectivity index is 1.70. The van der Waals surface area contributed by atoms with Gasteiger partial charge in [-0.25, -0.2) is 4.79 Å². The van der Waals surface area contributed by atoms with E-state index in [-0.39, 0.29) is 11.9 Å². The molecule has 0 bridgehead atoms. The van der Waals surface area contributed by atoms with Crippen molar-refractivity contribution in [1.29, 1.82) is 0 Å². The normalized spacial score (nSPS) is 15.7. The van der Waals surface area contributed by atoms with E-state index in [1.807, 2.05) is 24.3 Å². The number of fused-ring (bicyclic) bond motifs is 2. The summed E-state index contributed by atoms with van der Waals surface area (Å²) >= 11 is 0. The summed E-state index contributed by atoms with van der Waals surface area (Å²) in [6.07, 6.45) is 2.80. The van der Waals surface area contributed by atoms with Gasteiger partial charge in [0, 0.05) is 23.7 Å². The van der Waals surface area contributed by atoms with Crippen molar-refractivity contribution >= 4 is 28.5 Å². The molecule has 1 N–H and O–H groups in total. The monoisotopic (exact) mass is 374 g/mol. The van der Waals surface area contributed by atoms with Gasteiger partial charge >= 0.3 is 5.97 Å². The zero-order valence-corrected chi connectivity index (χ0v) is 16.0. The van der Waals surface area contributed by atoms with Gasteiger partial charge in [0.05, 0.1) is 11.1 Å². The molecule has 0 saturated carbocycles. The van der Waals surface area contributed by atoms with Crippen molar-refractivity contribution in [1.82, 2.24) is 4.98 Å². The van der Waals surface area contributed by atoms with Crippen LogP contribution in [0.5, 0.6) is 5.75 Å². The second kappa shape index (κ2) is 7.43. The molecule has 0 radical (unpaired) electrons. The van der Waals surface area contributed by atoms with Gasteiger partial charge in [0.1, 0.15) is 5.75 Å². The molecule has 28 heavy (non-hydrogen) atoms. The third kappa shape index (κ3) is 3.60. The van der Waals surface area contributed by atoms with Crippen molar-refractivity contribution in [3.63, 3.8) is 0 Å². The fourth-order valence-corrected chi connectivity index (χ4v) is 3.76. The van der Waals surface area contributed by atoms with Crippen LogP contribution in [-0.4, -0.2) is 16.9 Å². The molecule has 5 heteroatoms. The molecule has 4 rings (SSSR count). The van der Waals surface area contributed by atoms with Gasteiger partial charge in [-0.2, -0.15) is 0 Å². The number of aromatic nitrogens is 1. The van der Waals surface area contributed by atoms with Crippen molar-refractivity contribution in [3.05, 3.63) is 65.4 Å². The lowest BCUT2D eigenvalue weighted by Crippen LogP contribution is -2.20. The maximum atomic E-state index is 13.1. The minimum absolute atomic E-state index is 0.145. The molecule has 1 heterocycles. The number of anilines is 1. The van der Waals surface area contributed by atoms with Gasteiger partial charge in [0.25, 0.3) is 0 Å². The number of esters is 1. The number of nitrogens with zero attached hydrogens (tertiary/aromatic N) is 1. The van der Waals surface area contributed by atoms with E-state index in [1.165, 1.54) is 6.92 Å². The van der Waals surface area contributed by atoms with Gasteiger partial charge in [-0.15, -0.1) is 0 Å². The quantitative estimate of drug-likeness (QED) is 0.540. The van der Waals surface area contributed by atoms with E-state index in [9.17, 15) is 9.59 Å². The lowest BCUT2D eigenvalue weighted by atomic mass is 9.84. The van der Waals surface area contributed by atoms with Gasteiger partial charge in [-0.1, -0.05) is 25.1 Å². The molecule has 3 aromatic rings. The first-order chi connectivity index (χ1) is 13.5. The van der Waals surface area contributed by atoms with E-state index in [0.29, 0.717) is 22.9 Å². The van der Waals surface area contributed by atoms with Crippen LogP contribution in [0.1, 0.15) is 41.9 Å². The maximum absolute atomic E-state index is 13.1. The number of rotatable bonds is 3. The minimum Gasteiger partial charge on any atom is -0.423 e. The summed E-state index contributed by atoms with van der Waals surface area (Å²) < 4.78 is 5.69. The summed E-state index contributed by atoms with van der Waals surface area (Å²) in [6, 6.07) is 14.5. The summed E-state index contributed by atoms with van der Waals surface area (Å²) in [5.74, 6) is 0.446. The lowest BCUT2D eigenvalue weighted by molar-refractivity contribution is -0.114. The van der Waals surface area contributed by atoms with Crippen molar-refractivity contribution in [3.8, 4) is 5.75 Å². The Morgan fingerprint density at radius 3 is 2.61 bits per heavy atom. The van der Waals surface area contributed by atoms with Crippen LogP contribution in [0.25, 0.3) is 10.9 Å². The molecule has 0 aliphatic heterocycles. The first-order valence-corrected chi connectivity index (χ1v) is 9.51. The van der Waals surface area contributed by atoms with Crippen molar-refractivity contribution < 1.29 is 14.3 Å². The van der Waals surface area contributed by atoms with Crippen LogP contribution in [0.15, 0.2) is 48.5 Å². The zero-order chi connectivity index (χ0) is 19.7.